The van der Waals surface area contributed by atoms with Crippen LogP contribution in [0.15, 0.2) is 26.4 Å². The molecule has 0 spiro atoms. The average Bonchev–Trinajstić information content (AvgIpc) is 3.10. The molecule has 3 heterocycles. The van der Waals surface area contributed by atoms with Crippen LogP contribution in [-0.4, -0.2) is 24.9 Å². The predicted octanol–water partition coefficient (Wildman–Crippen LogP) is 2.37. The molecule has 8 heteroatoms. The number of furan rings is 1. The lowest BCUT2D eigenvalue weighted by Crippen LogP contribution is -1.95. The molecule has 0 aliphatic rings. The molecular formula is C12H13N5O2S. The van der Waals surface area contributed by atoms with Crippen LogP contribution in [0.25, 0.3) is 11.4 Å². The highest BCUT2D eigenvalue weighted by Gasteiger charge is 2.15. The van der Waals surface area contributed by atoms with Gasteiger partial charge in [0.15, 0.2) is 16.8 Å². The lowest BCUT2D eigenvalue weighted by molar-refractivity contribution is 0.389. The summed E-state index contributed by atoms with van der Waals surface area (Å²) in [6.07, 6.45) is 1.65. The molecule has 0 unspecified atom stereocenters. The normalized spacial score (nSPS) is 11.2. The quantitative estimate of drug-likeness (QED) is 0.682. The Morgan fingerprint density at radius 1 is 1.30 bits per heavy atom. The van der Waals surface area contributed by atoms with Gasteiger partial charge in [0.25, 0.3) is 0 Å². The number of rotatable bonds is 4. The van der Waals surface area contributed by atoms with E-state index in [-0.39, 0.29) is 0 Å². The van der Waals surface area contributed by atoms with Gasteiger partial charge in [-0.15, -0.1) is 10.2 Å². The third kappa shape index (κ3) is 2.34. The Hall–Kier alpha value is -2.09. The Bertz CT molecular complexity index is 730. The molecule has 3 rings (SSSR count). The first-order valence-corrected chi connectivity index (χ1v) is 6.99. The van der Waals surface area contributed by atoms with E-state index in [1.807, 2.05) is 24.6 Å². The molecular weight excluding hydrogens is 278 g/mol. The lowest BCUT2D eigenvalue weighted by atomic mass is 10.2. The van der Waals surface area contributed by atoms with Gasteiger partial charge in [0.1, 0.15) is 5.76 Å². The van der Waals surface area contributed by atoms with Gasteiger partial charge in [-0.3, -0.25) is 0 Å². The van der Waals surface area contributed by atoms with Gasteiger partial charge in [0.05, 0.1) is 17.6 Å². The van der Waals surface area contributed by atoms with E-state index in [1.165, 1.54) is 11.8 Å². The SMILES string of the molecule is Cc1nc(CSc2nnc(-c3ccoc3C)n2C)no1. The summed E-state index contributed by atoms with van der Waals surface area (Å²) < 4.78 is 12.2. The fraction of sp³-hybridized carbons (Fsp3) is 0.333. The fourth-order valence-electron chi connectivity index (χ4n) is 1.82. The van der Waals surface area contributed by atoms with Crippen molar-refractivity contribution in [1.82, 2.24) is 24.9 Å². The summed E-state index contributed by atoms with van der Waals surface area (Å²) in [4.78, 5) is 4.16. The number of hydrogen-bond donors (Lipinski definition) is 0. The summed E-state index contributed by atoms with van der Waals surface area (Å²) in [6.45, 7) is 3.67. The molecule has 0 aromatic carbocycles. The standard InChI is InChI=1S/C12H13N5O2S/c1-7-9(4-5-18-7)11-14-15-12(17(11)3)20-6-10-13-8(2)19-16-10/h4-5H,6H2,1-3H3. The van der Waals surface area contributed by atoms with Crippen molar-refractivity contribution in [3.8, 4) is 11.4 Å². The van der Waals surface area contributed by atoms with Crippen molar-refractivity contribution in [2.24, 2.45) is 7.05 Å². The first kappa shape index (κ1) is 12.9. The smallest absolute Gasteiger partial charge is 0.223 e. The Labute approximate surface area is 119 Å². The number of aryl methyl sites for hydroxylation is 2. The van der Waals surface area contributed by atoms with Crippen LogP contribution in [-0.2, 0) is 12.8 Å². The van der Waals surface area contributed by atoms with E-state index >= 15 is 0 Å². The maximum Gasteiger partial charge on any atom is 0.223 e. The second-order valence-electron chi connectivity index (χ2n) is 4.27. The minimum atomic E-state index is 0.563. The summed E-state index contributed by atoms with van der Waals surface area (Å²) >= 11 is 1.51. The van der Waals surface area contributed by atoms with Crippen molar-refractivity contribution in [3.63, 3.8) is 0 Å². The summed E-state index contributed by atoms with van der Waals surface area (Å²) in [7, 11) is 1.92. The van der Waals surface area contributed by atoms with Crippen LogP contribution in [0.3, 0.4) is 0 Å². The first-order chi connectivity index (χ1) is 9.65. The zero-order chi connectivity index (χ0) is 14.1. The molecule has 0 atom stereocenters. The monoisotopic (exact) mass is 291 g/mol. The van der Waals surface area contributed by atoms with Gasteiger partial charge in [-0.25, -0.2) is 0 Å². The minimum absolute atomic E-state index is 0.563. The van der Waals surface area contributed by atoms with Crippen LogP contribution in [0.1, 0.15) is 17.5 Å². The molecule has 0 saturated carbocycles. The molecule has 0 fully saturated rings. The first-order valence-electron chi connectivity index (χ1n) is 6.01. The second kappa shape index (κ2) is 5.12. The van der Waals surface area contributed by atoms with Crippen LogP contribution in [0.4, 0.5) is 0 Å². The molecule has 0 amide bonds. The maximum atomic E-state index is 5.29. The van der Waals surface area contributed by atoms with E-state index in [0.717, 1.165) is 22.3 Å². The van der Waals surface area contributed by atoms with Crippen molar-refractivity contribution in [2.75, 3.05) is 0 Å². The fourth-order valence-corrected chi connectivity index (χ4v) is 2.58. The van der Waals surface area contributed by atoms with Crippen molar-refractivity contribution >= 4 is 11.8 Å². The van der Waals surface area contributed by atoms with Gasteiger partial charge < -0.3 is 13.5 Å². The van der Waals surface area contributed by atoms with Crippen LogP contribution in [0.2, 0.25) is 0 Å². The molecule has 0 N–H and O–H groups in total. The topological polar surface area (TPSA) is 82.8 Å². The minimum Gasteiger partial charge on any atom is -0.469 e. The Morgan fingerprint density at radius 3 is 2.80 bits per heavy atom. The summed E-state index contributed by atoms with van der Waals surface area (Å²) in [5, 5.41) is 13.0. The number of thioether (sulfide) groups is 1. The van der Waals surface area contributed by atoms with Crippen LogP contribution >= 0.6 is 11.8 Å². The summed E-state index contributed by atoms with van der Waals surface area (Å²) in [6, 6.07) is 1.89. The van der Waals surface area contributed by atoms with Crippen molar-refractivity contribution in [2.45, 2.75) is 24.8 Å². The van der Waals surface area contributed by atoms with Crippen LogP contribution in [0, 0.1) is 13.8 Å². The molecule has 104 valence electrons. The Kier molecular flexibility index (Phi) is 3.31. The predicted molar refractivity (Wildman–Crippen MR) is 72.0 cm³/mol. The molecule has 0 radical (unpaired) electrons. The van der Waals surface area contributed by atoms with Gasteiger partial charge in [0.2, 0.25) is 5.89 Å². The molecule has 3 aromatic rings. The highest BCUT2D eigenvalue weighted by molar-refractivity contribution is 7.98. The van der Waals surface area contributed by atoms with Gasteiger partial charge >= 0.3 is 0 Å². The van der Waals surface area contributed by atoms with Crippen LogP contribution in [0.5, 0.6) is 0 Å². The van der Waals surface area contributed by atoms with E-state index in [4.69, 9.17) is 8.94 Å². The van der Waals surface area contributed by atoms with Crippen molar-refractivity contribution < 1.29 is 8.94 Å². The summed E-state index contributed by atoms with van der Waals surface area (Å²) in [5.74, 6) is 3.41. The number of aromatic nitrogens is 5. The maximum absolute atomic E-state index is 5.29. The van der Waals surface area contributed by atoms with Gasteiger partial charge in [0, 0.05) is 14.0 Å². The zero-order valence-electron chi connectivity index (χ0n) is 11.3. The third-order valence-corrected chi connectivity index (χ3v) is 3.85. The Morgan fingerprint density at radius 2 is 2.15 bits per heavy atom. The molecule has 20 heavy (non-hydrogen) atoms. The van der Waals surface area contributed by atoms with E-state index in [2.05, 4.69) is 20.3 Å². The largest absolute Gasteiger partial charge is 0.469 e. The molecule has 7 nitrogen and oxygen atoms in total. The lowest BCUT2D eigenvalue weighted by Gasteiger charge is -2.01. The molecule has 0 bridgehead atoms. The van der Waals surface area contributed by atoms with Crippen LogP contribution < -0.4 is 0 Å². The number of hydrogen-bond acceptors (Lipinski definition) is 7. The van der Waals surface area contributed by atoms with Gasteiger partial charge in [-0.1, -0.05) is 16.9 Å². The molecule has 3 aromatic heterocycles. The van der Waals surface area contributed by atoms with E-state index in [9.17, 15) is 0 Å². The highest BCUT2D eigenvalue weighted by Crippen LogP contribution is 2.26. The molecule has 0 saturated heterocycles. The number of nitrogens with zero attached hydrogens (tertiary/aromatic N) is 5. The van der Waals surface area contributed by atoms with E-state index < -0.39 is 0 Å². The van der Waals surface area contributed by atoms with E-state index in [1.54, 1.807) is 13.2 Å². The third-order valence-electron chi connectivity index (χ3n) is 2.83. The zero-order valence-corrected chi connectivity index (χ0v) is 12.1. The highest BCUT2D eigenvalue weighted by atomic mass is 32.2. The van der Waals surface area contributed by atoms with Gasteiger partial charge in [-0.2, -0.15) is 4.98 Å². The van der Waals surface area contributed by atoms with E-state index in [0.29, 0.717) is 17.5 Å². The van der Waals surface area contributed by atoms with Gasteiger partial charge in [-0.05, 0) is 13.0 Å². The van der Waals surface area contributed by atoms with Crippen molar-refractivity contribution in [1.29, 1.82) is 0 Å². The molecule has 0 aliphatic carbocycles. The van der Waals surface area contributed by atoms with Crippen molar-refractivity contribution in [3.05, 3.63) is 29.8 Å². The summed E-state index contributed by atoms with van der Waals surface area (Å²) in [5.41, 5.74) is 0.947. The second-order valence-corrected chi connectivity index (χ2v) is 5.22. The molecule has 0 aliphatic heterocycles. The Balaban J connectivity index is 1.79. The average molecular weight is 291 g/mol.